The maximum Gasteiger partial charge on any atom is 0.230 e. The molecule has 0 aliphatic carbocycles. The molecule has 0 bridgehead atoms. The highest BCUT2D eigenvalue weighted by Gasteiger charge is 2.12. The minimum atomic E-state index is -0.487. The molecule has 0 fully saturated rings. The molecule has 0 aliphatic heterocycles. The molecule has 0 spiro atoms. The number of benzene rings is 1. The van der Waals surface area contributed by atoms with Crippen LogP contribution in [0.4, 0.5) is 10.3 Å². The van der Waals surface area contributed by atoms with Crippen LogP contribution >= 0.6 is 23.2 Å². The molecule has 1 heterocycles. The monoisotopic (exact) mass is 314 g/mol. The summed E-state index contributed by atoms with van der Waals surface area (Å²) in [6.45, 7) is 5.49. The topological polar surface area (TPSA) is 41.9 Å². The second-order valence-corrected chi connectivity index (χ2v) is 4.77. The molecule has 1 aromatic heterocycles. The Hall–Kier alpha value is -1.46. The van der Waals surface area contributed by atoms with Crippen molar-refractivity contribution >= 4 is 29.2 Å². The number of anilines is 1. The summed E-state index contributed by atoms with van der Waals surface area (Å²) < 4.78 is 13.2. The lowest BCUT2D eigenvalue weighted by Gasteiger charge is -2.18. The van der Waals surface area contributed by atoms with Gasteiger partial charge in [0, 0.05) is 18.7 Å². The molecule has 0 amide bonds. The third kappa shape index (κ3) is 3.16. The van der Waals surface area contributed by atoms with Gasteiger partial charge >= 0.3 is 0 Å². The summed E-state index contributed by atoms with van der Waals surface area (Å²) in [5.74, 6) is 0.374. The van der Waals surface area contributed by atoms with Crippen molar-refractivity contribution in [3.05, 3.63) is 34.3 Å². The quantitative estimate of drug-likeness (QED) is 0.860. The molecule has 2 aromatic rings. The molecule has 0 saturated heterocycles. The van der Waals surface area contributed by atoms with E-state index in [1.54, 1.807) is 6.07 Å². The highest BCUT2D eigenvalue weighted by atomic mass is 35.5. The van der Waals surface area contributed by atoms with Gasteiger partial charge in [-0.15, -0.1) is 0 Å². The summed E-state index contributed by atoms with van der Waals surface area (Å²) in [7, 11) is 0. The van der Waals surface area contributed by atoms with Crippen molar-refractivity contribution in [2.75, 3.05) is 18.0 Å². The Morgan fingerprint density at radius 3 is 2.40 bits per heavy atom. The molecule has 2 rings (SSSR count). The summed E-state index contributed by atoms with van der Waals surface area (Å²) in [4.78, 5) is 14.5. The maximum absolute atomic E-state index is 13.2. The molecule has 0 unspecified atom stereocenters. The van der Waals surface area contributed by atoms with Gasteiger partial charge in [-0.25, -0.2) is 4.39 Å². The van der Waals surface area contributed by atoms with E-state index in [9.17, 15) is 4.39 Å². The van der Waals surface area contributed by atoms with Crippen LogP contribution in [0.3, 0.4) is 0 Å². The van der Waals surface area contributed by atoms with Crippen LogP contribution in [0.2, 0.25) is 10.3 Å². The van der Waals surface area contributed by atoms with Gasteiger partial charge in [0.05, 0.1) is 5.02 Å². The first-order valence-electron chi connectivity index (χ1n) is 6.17. The molecular formula is C13H13Cl2FN4. The van der Waals surface area contributed by atoms with Crippen LogP contribution in [-0.2, 0) is 0 Å². The third-order valence-corrected chi connectivity index (χ3v) is 3.28. The molecular weight excluding hydrogens is 302 g/mol. The zero-order chi connectivity index (χ0) is 14.7. The van der Waals surface area contributed by atoms with Crippen molar-refractivity contribution in [3.8, 4) is 11.4 Å². The Morgan fingerprint density at radius 2 is 1.80 bits per heavy atom. The van der Waals surface area contributed by atoms with Crippen molar-refractivity contribution < 1.29 is 4.39 Å². The SMILES string of the molecule is CCN(CC)c1nc(Cl)nc(-c2ccc(F)c(Cl)c2)n1. The van der Waals surface area contributed by atoms with E-state index in [-0.39, 0.29) is 10.3 Å². The van der Waals surface area contributed by atoms with Crippen molar-refractivity contribution in [2.45, 2.75) is 13.8 Å². The zero-order valence-corrected chi connectivity index (χ0v) is 12.6. The lowest BCUT2D eigenvalue weighted by molar-refractivity contribution is 0.628. The Kier molecular flexibility index (Phi) is 4.73. The number of hydrogen-bond donors (Lipinski definition) is 0. The lowest BCUT2D eigenvalue weighted by atomic mass is 10.2. The van der Waals surface area contributed by atoms with Crippen molar-refractivity contribution in [3.63, 3.8) is 0 Å². The highest BCUT2D eigenvalue weighted by molar-refractivity contribution is 6.31. The van der Waals surface area contributed by atoms with E-state index >= 15 is 0 Å². The second kappa shape index (κ2) is 6.33. The van der Waals surface area contributed by atoms with E-state index in [0.29, 0.717) is 17.3 Å². The van der Waals surface area contributed by atoms with E-state index < -0.39 is 5.82 Å². The number of rotatable bonds is 4. The van der Waals surface area contributed by atoms with Gasteiger partial charge < -0.3 is 4.90 Å². The van der Waals surface area contributed by atoms with Crippen LogP contribution < -0.4 is 4.90 Å². The fourth-order valence-electron chi connectivity index (χ4n) is 1.75. The van der Waals surface area contributed by atoms with Gasteiger partial charge in [0.1, 0.15) is 5.82 Å². The zero-order valence-electron chi connectivity index (χ0n) is 11.1. The number of hydrogen-bond acceptors (Lipinski definition) is 4. The molecule has 20 heavy (non-hydrogen) atoms. The van der Waals surface area contributed by atoms with Crippen LogP contribution in [0.15, 0.2) is 18.2 Å². The molecule has 0 saturated carbocycles. The van der Waals surface area contributed by atoms with E-state index in [1.807, 2.05) is 18.7 Å². The third-order valence-electron chi connectivity index (χ3n) is 2.82. The Bertz CT molecular complexity index is 617. The molecule has 106 valence electrons. The van der Waals surface area contributed by atoms with Crippen LogP contribution in [0.5, 0.6) is 0 Å². The van der Waals surface area contributed by atoms with Crippen molar-refractivity contribution in [2.24, 2.45) is 0 Å². The first-order valence-corrected chi connectivity index (χ1v) is 6.92. The van der Waals surface area contributed by atoms with E-state index in [2.05, 4.69) is 15.0 Å². The normalized spacial score (nSPS) is 10.7. The fraction of sp³-hybridized carbons (Fsp3) is 0.308. The number of aromatic nitrogens is 3. The van der Waals surface area contributed by atoms with Gasteiger partial charge in [-0.1, -0.05) is 11.6 Å². The van der Waals surface area contributed by atoms with Gasteiger partial charge in [0.2, 0.25) is 11.2 Å². The summed E-state index contributed by atoms with van der Waals surface area (Å²) in [5, 5.41) is 0.112. The second-order valence-electron chi connectivity index (χ2n) is 4.03. The van der Waals surface area contributed by atoms with Gasteiger partial charge in [-0.2, -0.15) is 15.0 Å². The average molecular weight is 315 g/mol. The Morgan fingerprint density at radius 1 is 1.10 bits per heavy atom. The van der Waals surface area contributed by atoms with Crippen LogP contribution in [-0.4, -0.2) is 28.0 Å². The molecule has 4 nitrogen and oxygen atoms in total. The Balaban J connectivity index is 2.48. The van der Waals surface area contributed by atoms with E-state index in [1.165, 1.54) is 12.1 Å². The van der Waals surface area contributed by atoms with Crippen molar-refractivity contribution in [1.82, 2.24) is 15.0 Å². The van der Waals surface area contributed by atoms with Crippen molar-refractivity contribution in [1.29, 1.82) is 0 Å². The minimum absolute atomic E-state index is 0.0171. The van der Waals surface area contributed by atoms with Crippen LogP contribution in [0.1, 0.15) is 13.8 Å². The lowest BCUT2D eigenvalue weighted by Crippen LogP contribution is -2.24. The first kappa shape index (κ1) is 14.9. The molecule has 1 aromatic carbocycles. The summed E-state index contributed by atoms with van der Waals surface area (Å²) in [5.41, 5.74) is 0.592. The first-order chi connectivity index (χ1) is 9.55. The van der Waals surface area contributed by atoms with E-state index in [0.717, 1.165) is 13.1 Å². The molecule has 0 N–H and O–H groups in total. The standard InChI is InChI=1S/C13H13Cl2FN4/c1-3-20(4-2)13-18-11(17-12(15)19-13)8-5-6-10(16)9(14)7-8/h5-7H,3-4H2,1-2H3. The number of nitrogens with zero attached hydrogens (tertiary/aromatic N) is 4. The number of halogens is 3. The smallest absolute Gasteiger partial charge is 0.230 e. The predicted molar refractivity (Wildman–Crippen MR) is 78.8 cm³/mol. The minimum Gasteiger partial charge on any atom is -0.341 e. The summed E-state index contributed by atoms with van der Waals surface area (Å²) >= 11 is 11.7. The molecule has 0 radical (unpaired) electrons. The molecule has 7 heteroatoms. The maximum atomic E-state index is 13.2. The molecule has 0 atom stereocenters. The highest BCUT2D eigenvalue weighted by Crippen LogP contribution is 2.24. The average Bonchev–Trinajstić information content (AvgIpc) is 2.42. The van der Waals surface area contributed by atoms with Gasteiger partial charge in [-0.3, -0.25) is 0 Å². The van der Waals surface area contributed by atoms with Gasteiger partial charge in [0.25, 0.3) is 0 Å². The summed E-state index contributed by atoms with van der Waals surface area (Å²) in [6, 6.07) is 4.29. The van der Waals surface area contributed by atoms with Crippen LogP contribution in [0, 0.1) is 5.82 Å². The molecule has 0 aliphatic rings. The summed E-state index contributed by atoms with van der Waals surface area (Å²) in [6.07, 6.45) is 0. The van der Waals surface area contributed by atoms with E-state index in [4.69, 9.17) is 23.2 Å². The van der Waals surface area contributed by atoms with Gasteiger partial charge in [-0.05, 0) is 43.6 Å². The van der Waals surface area contributed by atoms with Gasteiger partial charge in [0.15, 0.2) is 5.82 Å². The Labute approximate surface area is 126 Å². The van der Waals surface area contributed by atoms with Crippen LogP contribution in [0.25, 0.3) is 11.4 Å². The largest absolute Gasteiger partial charge is 0.341 e. The fourth-order valence-corrected chi connectivity index (χ4v) is 2.09. The predicted octanol–water partition coefficient (Wildman–Crippen LogP) is 3.83.